The van der Waals surface area contributed by atoms with E-state index in [2.05, 4.69) is 12.1 Å². The maximum absolute atomic E-state index is 12.1. The van der Waals surface area contributed by atoms with Crippen LogP contribution in [0.1, 0.15) is 48.9 Å². The van der Waals surface area contributed by atoms with Gasteiger partial charge in [-0.25, -0.2) is 4.79 Å². The summed E-state index contributed by atoms with van der Waals surface area (Å²) in [5, 5.41) is 0. The maximum atomic E-state index is 12.1. The summed E-state index contributed by atoms with van der Waals surface area (Å²) >= 11 is 0. The molecule has 0 N–H and O–H groups in total. The van der Waals surface area contributed by atoms with Gasteiger partial charge < -0.3 is 4.74 Å². The second-order valence-electron chi connectivity index (χ2n) is 6.37. The van der Waals surface area contributed by atoms with Crippen LogP contribution in [-0.4, -0.2) is 12.6 Å². The van der Waals surface area contributed by atoms with Gasteiger partial charge in [0.2, 0.25) is 0 Å². The van der Waals surface area contributed by atoms with Gasteiger partial charge >= 0.3 is 5.97 Å². The van der Waals surface area contributed by atoms with Crippen LogP contribution >= 0.6 is 0 Å². The highest BCUT2D eigenvalue weighted by atomic mass is 16.5. The van der Waals surface area contributed by atoms with Crippen LogP contribution in [0.3, 0.4) is 0 Å². The molecule has 0 heterocycles. The molecule has 0 unspecified atom stereocenters. The van der Waals surface area contributed by atoms with Gasteiger partial charge in [-0.2, -0.15) is 0 Å². The van der Waals surface area contributed by atoms with Crippen molar-refractivity contribution in [1.82, 2.24) is 0 Å². The fraction of sp³-hybridized carbons (Fsp3) is 0.381. The van der Waals surface area contributed by atoms with Crippen molar-refractivity contribution in [3.63, 3.8) is 0 Å². The molecule has 2 heteroatoms. The molecule has 0 aliphatic heterocycles. The molecule has 0 saturated heterocycles. The summed E-state index contributed by atoms with van der Waals surface area (Å²) in [6.45, 7) is 0.546. The third-order valence-electron chi connectivity index (χ3n) is 4.71. The van der Waals surface area contributed by atoms with Gasteiger partial charge in [0.25, 0.3) is 0 Å². The fourth-order valence-electron chi connectivity index (χ4n) is 3.31. The van der Waals surface area contributed by atoms with Crippen molar-refractivity contribution >= 4 is 5.97 Å². The molecule has 1 fully saturated rings. The van der Waals surface area contributed by atoms with Crippen LogP contribution in [0, 0.1) is 5.92 Å². The number of carbonyl (C=O) groups excluding carboxylic acids is 1. The van der Waals surface area contributed by atoms with Gasteiger partial charge in [0, 0.05) is 0 Å². The largest absolute Gasteiger partial charge is 0.462 e. The molecule has 0 atom stereocenters. The molecule has 120 valence electrons. The summed E-state index contributed by atoms with van der Waals surface area (Å²) in [5.74, 6) is 0.539. The molecule has 1 saturated carbocycles. The van der Waals surface area contributed by atoms with E-state index in [9.17, 15) is 4.79 Å². The Kier molecular flexibility index (Phi) is 5.46. The second kappa shape index (κ2) is 7.96. The highest BCUT2D eigenvalue weighted by molar-refractivity contribution is 5.90. The van der Waals surface area contributed by atoms with Crippen molar-refractivity contribution in [1.29, 1.82) is 0 Å². The van der Waals surface area contributed by atoms with Crippen molar-refractivity contribution in [2.24, 2.45) is 5.92 Å². The Morgan fingerprint density at radius 1 is 0.870 bits per heavy atom. The van der Waals surface area contributed by atoms with Gasteiger partial charge in [-0.3, -0.25) is 0 Å². The molecule has 0 amide bonds. The minimum Gasteiger partial charge on any atom is -0.462 e. The van der Waals surface area contributed by atoms with Crippen LogP contribution in [0.15, 0.2) is 54.6 Å². The zero-order valence-electron chi connectivity index (χ0n) is 13.5. The van der Waals surface area contributed by atoms with Crippen LogP contribution in [0.25, 0.3) is 11.1 Å². The number of benzene rings is 2. The standard InChI is InChI=1S/C21H24O2/c22-21(23-16-15-17-7-3-1-4-8-17)20-13-11-19(12-14-20)18-9-5-2-6-10-18/h2,5-6,9-14,17H,1,3-4,7-8,15-16H2. The van der Waals surface area contributed by atoms with Gasteiger partial charge in [-0.1, -0.05) is 74.6 Å². The molecule has 2 aromatic rings. The van der Waals surface area contributed by atoms with E-state index in [0.717, 1.165) is 23.5 Å². The average Bonchev–Trinajstić information content (AvgIpc) is 2.63. The molecule has 0 radical (unpaired) electrons. The topological polar surface area (TPSA) is 26.3 Å². The zero-order chi connectivity index (χ0) is 15.9. The van der Waals surface area contributed by atoms with Crippen LogP contribution in [0.2, 0.25) is 0 Å². The Balaban J connectivity index is 1.51. The minimum absolute atomic E-state index is 0.208. The first-order chi connectivity index (χ1) is 11.3. The lowest BCUT2D eigenvalue weighted by Crippen LogP contribution is -2.12. The number of ether oxygens (including phenoxy) is 1. The summed E-state index contributed by atoms with van der Waals surface area (Å²) in [5.41, 5.74) is 2.90. The first-order valence-electron chi connectivity index (χ1n) is 8.65. The van der Waals surface area contributed by atoms with E-state index in [1.165, 1.54) is 32.1 Å². The third kappa shape index (κ3) is 4.44. The molecule has 2 nitrogen and oxygen atoms in total. The molecule has 1 aliphatic rings. The second-order valence-corrected chi connectivity index (χ2v) is 6.37. The average molecular weight is 308 g/mol. The van der Waals surface area contributed by atoms with Crippen LogP contribution in [0.5, 0.6) is 0 Å². The molecular formula is C21H24O2. The molecule has 0 bridgehead atoms. The van der Waals surface area contributed by atoms with Gasteiger partial charge in [-0.05, 0) is 35.6 Å². The van der Waals surface area contributed by atoms with Crippen molar-refractivity contribution < 1.29 is 9.53 Å². The van der Waals surface area contributed by atoms with E-state index in [0.29, 0.717) is 12.2 Å². The number of hydrogen-bond acceptors (Lipinski definition) is 2. The Bertz CT molecular complexity index is 610. The Hall–Kier alpha value is -2.09. The number of hydrogen-bond donors (Lipinski definition) is 0. The summed E-state index contributed by atoms with van der Waals surface area (Å²) in [4.78, 5) is 12.1. The Labute approximate surface area is 138 Å². The van der Waals surface area contributed by atoms with E-state index >= 15 is 0 Å². The van der Waals surface area contributed by atoms with E-state index < -0.39 is 0 Å². The lowest BCUT2D eigenvalue weighted by Gasteiger charge is -2.21. The Morgan fingerprint density at radius 3 is 2.22 bits per heavy atom. The van der Waals surface area contributed by atoms with Gasteiger partial charge in [0.15, 0.2) is 0 Å². The zero-order valence-corrected chi connectivity index (χ0v) is 13.5. The molecule has 3 rings (SSSR count). The van der Waals surface area contributed by atoms with Gasteiger partial charge in [0.05, 0.1) is 12.2 Å². The first kappa shape index (κ1) is 15.8. The van der Waals surface area contributed by atoms with Crippen molar-refractivity contribution in [3.8, 4) is 11.1 Å². The lowest BCUT2D eigenvalue weighted by molar-refractivity contribution is 0.0475. The quantitative estimate of drug-likeness (QED) is 0.684. The van der Waals surface area contributed by atoms with Crippen LogP contribution in [0.4, 0.5) is 0 Å². The summed E-state index contributed by atoms with van der Waals surface area (Å²) in [6.07, 6.45) is 7.63. The van der Waals surface area contributed by atoms with E-state index in [1.54, 1.807) is 0 Å². The number of rotatable bonds is 5. The predicted molar refractivity (Wildman–Crippen MR) is 93.4 cm³/mol. The molecule has 1 aliphatic carbocycles. The fourth-order valence-corrected chi connectivity index (χ4v) is 3.31. The SMILES string of the molecule is O=C(OCCC1CCCCC1)c1ccc(-c2ccccc2)cc1. The Morgan fingerprint density at radius 2 is 1.52 bits per heavy atom. The van der Waals surface area contributed by atoms with Crippen LogP contribution < -0.4 is 0 Å². The molecule has 2 aromatic carbocycles. The molecular weight excluding hydrogens is 284 g/mol. The number of esters is 1. The number of carbonyl (C=O) groups is 1. The third-order valence-corrected chi connectivity index (χ3v) is 4.71. The molecule has 0 spiro atoms. The van der Waals surface area contributed by atoms with Crippen molar-refractivity contribution in [2.45, 2.75) is 38.5 Å². The molecule has 23 heavy (non-hydrogen) atoms. The monoisotopic (exact) mass is 308 g/mol. The van der Waals surface area contributed by atoms with E-state index in [-0.39, 0.29) is 5.97 Å². The van der Waals surface area contributed by atoms with Crippen LogP contribution in [-0.2, 0) is 4.74 Å². The molecule has 0 aromatic heterocycles. The van der Waals surface area contributed by atoms with E-state index in [4.69, 9.17) is 4.74 Å². The van der Waals surface area contributed by atoms with Gasteiger partial charge in [0.1, 0.15) is 0 Å². The lowest BCUT2D eigenvalue weighted by atomic mass is 9.87. The summed E-state index contributed by atoms with van der Waals surface area (Å²) in [6, 6.07) is 17.8. The van der Waals surface area contributed by atoms with Crippen molar-refractivity contribution in [2.75, 3.05) is 6.61 Å². The van der Waals surface area contributed by atoms with E-state index in [1.807, 2.05) is 42.5 Å². The predicted octanol–water partition coefficient (Wildman–Crippen LogP) is 5.48. The summed E-state index contributed by atoms with van der Waals surface area (Å²) in [7, 11) is 0. The minimum atomic E-state index is -0.208. The summed E-state index contributed by atoms with van der Waals surface area (Å²) < 4.78 is 5.44. The highest BCUT2D eigenvalue weighted by Crippen LogP contribution is 2.26. The van der Waals surface area contributed by atoms with Crippen molar-refractivity contribution in [3.05, 3.63) is 60.2 Å². The normalized spacial score (nSPS) is 15.3. The smallest absolute Gasteiger partial charge is 0.338 e. The maximum Gasteiger partial charge on any atom is 0.338 e. The van der Waals surface area contributed by atoms with Gasteiger partial charge in [-0.15, -0.1) is 0 Å². The highest BCUT2D eigenvalue weighted by Gasteiger charge is 2.14. The first-order valence-corrected chi connectivity index (χ1v) is 8.65.